The van der Waals surface area contributed by atoms with Gasteiger partial charge in [-0.3, -0.25) is 9.20 Å². The lowest BCUT2D eigenvalue weighted by atomic mass is 10.3. The van der Waals surface area contributed by atoms with Gasteiger partial charge in [-0.2, -0.15) is 5.26 Å². The summed E-state index contributed by atoms with van der Waals surface area (Å²) in [7, 11) is 0. The van der Waals surface area contributed by atoms with Crippen LogP contribution in [0.5, 0.6) is 0 Å². The molecule has 0 aliphatic rings. The highest BCUT2D eigenvalue weighted by molar-refractivity contribution is 7.98. The van der Waals surface area contributed by atoms with Gasteiger partial charge in [-0.05, 0) is 12.1 Å². The largest absolute Gasteiger partial charge is 0.382 e. The van der Waals surface area contributed by atoms with Crippen LogP contribution in [-0.4, -0.2) is 19.4 Å². The molecule has 8 heteroatoms. The lowest BCUT2D eigenvalue weighted by Gasteiger charge is -2.04. The Hall–Kier alpha value is -2.92. The maximum Gasteiger partial charge on any atom is 0.258 e. The molecule has 3 aromatic heterocycles. The molecular weight excluding hydrogens is 300 g/mol. The summed E-state index contributed by atoms with van der Waals surface area (Å²) in [4.78, 5) is 24.5. The van der Waals surface area contributed by atoms with Crippen molar-refractivity contribution in [3.05, 3.63) is 58.3 Å². The third-order valence-electron chi connectivity index (χ3n) is 2.89. The van der Waals surface area contributed by atoms with Crippen molar-refractivity contribution < 1.29 is 0 Å². The van der Waals surface area contributed by atoms with E-state index in [1.807, 2.05) is 12.1 Å². The summed E-state index contributed by atoms with van der Waals surface area (Å²) >= 11 is 1.30. The van der Waals surface area contributed by atoms with Crippen LogP contribution in [0.15, 0.2) is 46.6 Å². The lowest BCUT2D eigenvalue weighted by Crippen LogP contribution is -2.14. The maximum atomic E-state index is 12.0. The van der Waals surface area contributed by atoms with Crippen molar-refractivity contribution in [3.8, 4) is 6.07 Å². The quantitative estimate of drug-likeness (QED) is 0.572. The van der Waals surface area contributed by atoms with Gasteiger partial charge in [0.1, 0.15) is 23.1 Å². The molecule has 3 rings (SSSR count). The van der Waals surface area contributed by atoms with Gasteiger partial charge in [0.2, 0.25) is 0 Å². The Morgan fingerprint density at radius 1 is 1.36 bits per heavy atom. The summed E-state index contributed by atoms with van der Waals surface area (Å²) in [6, 6.07) is 8.76. The Kier molecular flexibility index (Phi) is 3.72. The van der Waals surface area contributed by atoms with Crippen LogP contribution in [0, 0.1) is 11.3 Å². The topological polar surface area (TPSA) is 110 Å². The summed E-state index contributed by atoms with van der Waals surface area (Å²) in [6.45, 7) is 0. The Labute approximate surface area is 129 Å². The van der Waals surface area contributed by atoms with E-state index < -0.39 is 0 Å². The molecule has 3 heterocycles. The van der Waals surface area contributed by atoms with Crippen molar-refractivity contribution >= 4 is 23.2 Å². The molecule has 0 aliphatic carbocycles. The average Bonchev–Trinajstić information content (AvgIpc) is 2.53. The van der Waals surface area contributed by atoms with E-state index in [1.165, 1.54) is 28.4 Å². The first kappa shape index (κ1) is 14.0. The minimum atomic E-state index is -0.138. The SMILES string of the molecule is N#Cc1cnc(SCc2cc(=O)n3ccccc3n2)nc1N. The summed E-state index contributed by atoms with van der Waals surface area (Å²) in [5.41, 5.74) is 6.97. The second-order valence-electron chi connectivity index (χ2n) is 4.37. The van der Waals surface area contributed by atoms with Crippen LogP contribution in [0.25, 0.3) is 5.65 Å². The van der Waals surface area contributed by atoms with Gasteiger partial charge in [-0.15, -0.1) is 0 Å². The second kappa shape index (κ2) is 5.83. The number of hydrogen-bond acceptors (Lipinski definition) is 7. The molecule has 7 nitrogen and oxygen atoms in total. The molecule has 0 saturated heterocycles. The minimum absolute atomic E-state index is 0.138. The maximum absolute atomic E-state index is 12.0. The first-order valence-corrected chi connectivity index (χ1v) is 7.28. The van der Waals surface area contributed by atoms with Gasteiger partial charge in [0, 0.05) is 18.0 Å². The molecular formula is C14H10N6OS. The van der Waals surface area contributed by atoms with E-state index in [-0.39, 0.29) is 16.9 Å². The number of anilines is 1. The highest BCUT2D eigenvalue weighted by Crippen LogP contribution is 2.19. The molecule has 0 atom stereocenters. The van der Waals surface area contributed by atoms with Gasteiger partial charge in [-0.1, -0.05) is 17.8 Å². The van der Waals surface area contributed by atoms with Crippen LogP contribution in [-0.2, 0) is 5.75 Å². The molecule has 0 spiro atoms. The summed E-state index contributed by atoms with van der Waals surface area (Å²) in [5, 5.41) is 9.22. The first-order chi connectivity index (χ1) is 10.7. The lowest BCUT2D eigenvalue weighted by molar-refractivity contribution is 0.963. The number of pyridine rings is 1. The molecule has 0 saturated carbocycles. The third-order valence-corrected chi connectivity index (χ3v) is 3.78. The molecule has 3 aromatic rings. The summed E-state index contributed by atoms with van der Waals surface area (Å²) < 4.78 is 1.48. The van der Waals surface area contributed by atoms with Gasteiger partial charge in [0.05, 0.1) is 11.9 Å². The van der Waals surface area contributed by atoms with E-state index in [0.29, 0.717) is 22.3 Å². The second-order valence-corrected chi connectivity index (χ2v) is 5.31. The summed E-state index contributed by atoms with van der Waals surface area (Å²) in [5.74, 6) is 0.581. The van der Waals surface area contributed by atoms with Crippen molar-refractivity contribution in [2.24, 2.45) is 0 Å². The predicted molar refractivity (Wildman–Crippen MR) is 82.2 cm³/mol. The first-order valence-electron chi connectivity index (χ1n) is 6.30. The number of rotatable bonds is 3. The fraction of sp³-hybridized carbons (Fsp3) is 0.0714. The predicted octanol–water partition coefficient (Wildman–Crippen LogP) is 1.23. The van der Waals surface area contributed by atoms with E-state index in [9.17, 15) is 4.79 Å². The molecule has 0 bridgehead atoms. The Morgan fingerprint density at radius 2 is 2.23 bits per heavy atom. The standard InChI is InChI=1S/C14H10N6OS/c15-6-9-7-17-14(19-13(9)16)22-8-10-5-12(21)20-4-2-1-3-11(20)18-10/h1-5,7H,8H2,(H2,16,17,19). The van der Waals surface area contributed by atoms with Crippen LogP contribution in [0.4, 0.5) is 5.82 Å². The van der Waals surface area contributed by atoms with Crippen LogP contribution in [0.2, 0.25) is 0 Å². The van der Waals surface area contributed by atoms with E-state index in [0.717, 1.165) is 0 Å². The molecule has 0 fully saturated rings. The number of nitrogen functional groups attached to an aromatic ring is 1. The minimum Gasteiger partial charge on any atom is -0.382 e. The van der Waals surface area contributed by atoms with E-state index >= 15 is 0 Å². The molecule has 0 aliphatic heterocycles. The van der Waals surface area contributed by atoms with Crippen molar-refractivity contribution in [2.45, 2.75) is 10.9 Å². The zero-order chi connectivity index (χ0) is 15.5. The molecule has 108 valence electrons. The van der Waals surface area contributed by atoms with Crippen LogP contribution in [0.1, 0.15) is 11.3 Å². The van der Waals surface area contributed by atoms with Crippen molar-refractivity contribution in [1.82, 2.24) is 19.4 Å². The zero-order valence-corrected chi connectivity index (χ0v) is 12.1. The van der Waals surface area contributed by atoms with Gasteiger partial charge < -0.3 is 5.73 Å². The third kappa shape index (κ3) is 2.75. The number of aromatic nitrogens is 4. The highest BCUT2D eigenvalue weighted by atomic mass is 32.2. The number of nitrogens with zero attached hydrogens (tertiary/aromatic N) is 5. The fourth-order valence-corrected chi connectivity index (χ4v) is 2.56. The Bertz CT molecular complexity index is 946. The fourth-order valence-electron chi connectivity index (χ4n) is 1.85. The van der Waals surface area contributed by atoms with Gasteiger partial charge in [0.15, 0.2) is 5.16 Å². The van der Waals surface area contributed by atoms with Gasteiger partial charge in [0.25, 0.3) is 5.56 Å². The van der Waals surface area contributed by atoms with E-state index in [2.05, 4.69) is 15.0 Å². The molecule has 0 amide bonds. The van der Waals surface area contributed by atoms with Crippen LogP contribution >= 0.6 is 11.8 Å². The monoisotopic (exact) mass is 310 g/mol. The number of fused-ring (bicyclic) bond motifs is 1. The molecule has 0 radical (unpaired) electrons. The number of thioether (sulfide) groups is 1. The smallest absolute Gasteiger partial charge is 0.258 e. The van der Waals surface area contributed by atoms with Gasteiger partial charge in [-0.25, -0.2) is 15.0 Å². The van der Waals surface area contributed by atoms with Crippen LogP contribution in [0.3, 0.4) is 0 Å². The van der Waals surface area contributed by atoms with Crippen molar-refractivity contribution in [2.75, 3.05) is 5.73 Å². The molecule has 22 heavy (non-hydrogen) atoms. The Balaban J connectivity index is 1.84. The normalized spacial score (nSPS) is 10.5. The van der Waals surface area contributed by atoms with E-state index in [4.69, 9.17) is 11.0 Å². The number of hydrogen-bond donors (Lipinski definition) is 1. The van der Waals surface area contributed by atoms with E-state index in [1.54, 1.807) is 18.3 Å². The summed E-state index contributed by atoms with van der Waals surface area (Å²) in [6.07, 6.45) is 3.05. The molecule has 0 unspecified atom stereocenters. The van der Waals surface area contributed by atoms with Crippen LogP contribution < -0.4 is 11.3 Å². The highest BCUT2D eigenvalue weighted by Gasteiger charge is 2.07. The van der Waals surface area contributed by atoms with Gasteiger partial charge >= 0.3 is 0 Å². The average molecular weight is 310 g/mol. The number of nitrogens with two attached hydrogens (primary N) is 1. The molecule has 2 N–H and O–H groups in total. The molecule has 0 aromatic carbocycles. The zero-order valence-electron chi connectivity index (χ0n) is 11.3. The van der Waals surface area contributed by atoms with Crippen molar-refractivity contribution in [3.63, 3.8) is 0 Å². The Morgan fingerprint density at radius 3 is 3.00 bits per heavy atom. The van der Waals surface area contributed by atoms with Crippen molar-refractivity contribution in [1.29, 1.82) is 5.26 Å². The number of nitriles is 1.